The van der Waals surface area contributed by atoms with E-state index in [1.807, 2.05) is 54.6 Å². The minimum Gasteiger partial charge on any atom is -0.295 e. The van der Waals surface area contributed by atoms with Gasteiger partial charge in [0.1, 0.15) is 0 Å². The van der Waals surface area contributed by atoms with Gasteiger partial charge < -0.3 is 0 Å². The van der Waals surface area contributed by atoms with Crippen molar-refractivity contribution in [3.8, 4) is 0 Å². The van der Waals surface area contributed by atoms with Crippen LogP contribution < -0.4 is 0 Å². The van der Waals surface area contributed by atoms with Crippen molar-refractivity contribution < 1.29 is 9.59 Å². The Morgan fingerprint density at radius 1 is 0.792 bits per heavy atom. The van der Waals surface area contributed by atoms with Crippen molar-refractivity contribution in [3.63, 3.8) is 0 Å². The summed E-state index contributed by atoms with van der Waals surface area (Å²) in [7, 11) is 0. The Hall–Kier alpha value is -2.48. The van der Waals surface area contributed by atoms with Crippen LogP contribution in [0.25, 0.3) is 0 Å². The number of benzene rings is 2. The van der Waals surface area contributed by atoms with Gasteiger partial charge in [-0.15, -0.1) is 0 Å². The highest BCUT2D eigenvalue weighted by Gasteiger charge is 2.07. The van der Waals surface area contributed by atoms with Crippen LogP contribution in [0.2, 0.25) is 0 Å². The van der Waals surface area contributed by atoms with E-state index in [9.17, 15) is 9.59 Å². The molecule has 0 N–H and O–H groups in total. The van der Waals surface area contributed by atoms with Gasteiger partial charge in [0.15, 0.2) is 11.6 Å². The largest absolute Gasteiger partial charge is 0.295 e. The van der Waals surface area contributed by atoms with Crippen LogP contribution in [-0.4, -0.2) is 11.6 Å². The molecule has 2 rings (SSSR count). The van der Waals surface area contributed by atoms with Gasteiger partial charge in [-0.05, 0) is 30.9 Å². The van der Waals surface area contributed by atoms with Crippen LogP contribution in [0.5, 0.6) is 0 Å². The summed E-state index contributed by atoms with van der Waals surface area (Å²) in [6.07, 6.45) is 7.26. The third-order valence-corrected chi connectivity index (χ3v) is 4.12. The quantitative estimate of drug-likeness (QED) is 0.344. The van der Waals surface area contributed by atoms with Crippen LogP contribution in [0.1, 0.15) is 53.6 Å². The Labute approximate surface area is 144 Å². The summed E-state index contributed by atoms with van der Waals surface area (Å²) < 4.78 is 0. The van der Waals surface area contributed by atoms with Crippen molar-refractivity contribution in [1.82, 2.24) is 0 Å². The Kier molecular flexibility index (Phi) is 7.16. The zero-order valence-electron chi connectivity index (χ0n) is 14.0. The van der Waals surface area contributed by atoms with Crippen LogP contribution in [0.15, 0.2) is 67.3 Å². The first-order valence-corrected chi connectivity index (χ1v) is 8.54. The van der Waals surface area contributed by atoms with Crippen molar-refractivity contribution in [2.24, 2.45) is 0 Å². The molecule has 0 aromatic heterocycles. The molecule has 0 aliphatic carbocycles. The molecule has 24 heavy (non-hydrogen) atoms. The highest BCUT2D eigenvalue weighted by Crippen LogP contribution is 2.13. The first-order chi connectivity index (χ1) is 11.7. The lowest BCUT2D eigenvalue weighted by Gasteiger charge is -2.04. The van der Waals surface area contributed by atoms with Crippen LogP contribution in [0.4, 0.5) is 0 Å². The van der Waals surface area contributed by atoms with Crippen molar-refractivity contribution in [3.05, 3.63) is 83.9 Å². The molecule has 124 valence electrons. The topological polar surface area (TPSA) is 34.1 Å². The molecule has 0 atom stereocenters. The van der Waals surface area contributed by atoms with Gasteiger partial charge in [0.2, 0.25) is 0 Å². The fourth-order valence-electron chi connectivity index (χ4n) is 2.66. The van der Waals surface area contributed by atoms with Crippen LogP contribution in [0.3, 0.4) is 0 Å². The highest BCUT2D eigenvalue weighted by atomic mass is 16.1. The lowest BCUT2D eigenvalue weighted by molar-refractivity contribution is -0.114. The van der Waals surface area contributed by atoms with Crippen LogP contribution in [0, 0.1) is 0 Å². The lowest BCUT2D eigenvalue weighted by atomic mass is 10.00. The molecular weight excluding hydrogens is 296 g/mol. The number of hydrogen-bond donors (Lipinski definition) is 0. The molecule has 0 radical (unpaired) electrons. The molecule has 0 aliphatic heterocycles. The summed E-state index contributed by atoms with van der Waals surface area (Å²) in [5, 5.41) is 0. The summed E-state index contributed by atoms with van der Waals surface area (Å²) in [6.45, 7) is 3.48. The minimum absolute atomic E-state index is 0.0639. The lowest BCUT2D eigenvalue weighted by Crippen LogP contribution is -2.01. The third kappa shape index (κ3) is 5.62. The monoisotopic (exact) mass is 320 g/mol. The summed E-state index contributed by atoms with van der Waals surface area (Å²) in [5.41, 5.74) is 2.70. The average molecular weight is 320 g/mol. The molecule has 2 aromatic rings. The molecule has 2 heteroatoms. The zero-order chi connectivity index (χ0) is 17.2. The molecule has 0 saturated heterocycles. The number of rotatable bonds is 10. The van der Waals surface area contributed by atoms with E-state index in [0.717, 1.165) is 43.2 Å². The predicted octanol–water partition coefficient (Wildman–Crippen LogP) is 5.17. The molecule has 0 saturated carbocycles. The second kappa shape index (κ2) is 9.61. The average Bonchev–Trinajstić information content (AvgIpc) is 2.65. The maximum atomic E-state index is 12.3. The summed E-state index contributed by atoms with van der Waals surface area (Å²) in [6, 6.07) is 17.2. The van der Waals surface area contributed by atoms with Crippen LogP contribution in [-0.2, 0) is 11.2 Å². The van der Waals surface area contributed by atoms with Gasteiger partial charge in [-0.25, -0.2) is 0 Å². The number of carbonyl (C=O) groups excluding carboxylic acids is 2. The van der Waals surface area contributed by atoms with Gasteiger partial charge >= 0.3 is 0 Å². The Morgan fingerprint density at radius 2 is 1.42 bits per heavy atom. The van der Waals surface area contributed by atoms with E-state index in [0.29, 0.717) is 6.42 Å². The van der Waals surface area contributed by atoms with Gasteiger partial charge in [0.05, 0.1) is 0 Å². The first-order valence-electron chi connectivity index (χ1n) is 8.54. The fraction of sp³-hybridized carbons (Fsp3) is 0.273. The summed E-state index contributed by atoms with van der Waals surface area (Å²) in [4.78, 5) is 23.4. The Balaban J connectivity index is 1.75. The van der Waals surface area contributed by atoms with E-state index in [4.69, 9.17) is 0 Å². The van der Waals surface area contributed by atoms with Crippen molar-refractivity contribution in [2.45, 2.75) is 38.5 Å². The van der Waals surface area contributed by atoms with E-state index in [2.05, 4.69) is 6.58 Å². The second-order valence-corrected chi connectivity index (χ2v) is 5.98. The smallest absolute Gasteiger partial charge is 0.193 e. The SMILES string of the molecule is C=CC(=O)CCCCCCc1ccc(C(=O)c2ccccc2)cc1. The van der Waals surface area contributed by atoms with Crippen molar-refractivity contribution in [1.29, 1.82) is 0 Å². The molecule has 0 bridgehead atoms. The molecule has 0 heterocycles. The maximum Gasteiger partial charge on any atom is 0.193 e. The summed E-state index contributed by atoms with van der Waals surface area (Å²) >= 11 is 0. The highest BCUT2D eigenvalue weighted by molar-refractivity contribution is 6.08. The van der Waals surface area contributed by atoms with Gasteiger partial charge in [-0.1, -0.05) is 74.0 Å². The summed E-state index contributed by atoms with van der Waals surface area (Å²) in [5.74, 6) is 0.197. The van der Waals surface area contributed by atoms with Gasteiger partial charge in [-0.2, -0.15) is 0 Å². The Bertz CT molecular complexity index is 669. The molecule has 2 aromatic carbocycles. The number of ketones is 2. The fourth-order valence-corrected chi connectivity index (χ4v) is 2.66. The van der Waals surface area contributed by atoms with E-state index < -0.39 is 0 Å². The Morgan fingerprint density at radius 3 is 2.08 bits per heavy atom. The number of allylic oxidation sites excluding steroid dienone is 1. The minimum atomic E-state index is 0.0639. The third-order valence-electron chi connectivity index (χ3n) is 4.12. The predicted molar refractivity (Wildman–Crippen MR) is 98.3 cm³/mol. The van der Waals surface area contributed by atoms with E-state index >= 15 is 0 Å². The molecule has 0 fully saturated rings. The van der Waals surface area contributed by atoms with Crippen molar-refractivity contribution >= 4 is 11.6 Å². The molecular formula is C22H24O2. The van der Waals surface area contributed by atoms with E-state index in [-0.39, 0.29) is 11.6 Å². The zero-order valence-corrected chi connectivity index (χ0v) is 14.0. The van der Waals surface area contributed by atoms with Gasteiger partial charge in [0.25, 0.3) is 0 Å². The second-order valence-electron chi connectivity index (χ2n) is 5.98. The molecule has 0 unspecified atom stereocenters. The number of unbranched alkanes of at least 4 members (excludes halogenated alkanes) is 3. The molecule has 0 spiro atoms. The van der Waals surface area contributed by atoms with E-state index in [1.165, 1.54) is 11.6 Å². The number of aryl methyl sites for hydroxylation is 1. The number of carbonyl (C=O) groups is 2. The maximum absolute atomic E-state index is 12.3. The first kappa shape index (κ1) is 17.9. The van der Waals surface area contributed by atoms with Gasteiger partial charge in [0, 0.05) is 17.5 Å². The van der Waals surface area contributed by atoms with Crippen molar-refractivity contribution in [2.75, 3.05) is 0 Å². The van der Waals surface area contributed by atoms with Gasteiger partial charge in [-0.3, -0.25) is 9.59 Å². The molecule has 2 nitrogen and oxygen atoms in total. The normalized spacial score (nSPS) is 10.3. The van der Waals surface area contributed by atoms with E-state index in [1.54, 1.807) is 0 Å². The molecule has 0 amide bonds. The number of hydrogen-bond acceptors (Lipinski definition) is 2. The van der Waals surface area contributed by atoms with Crippen LogP contribution >= 0.6 is 0 Å². The molecule has 0 aliphatic rings. The standard InChI is InChI=1S/C22H24O2/c1-2-21(23)13-9-4-3-6-10-18-14-16-20(17-15-18)22(24)19-11-7-5-8-12-19/h2,5,7-8,11-12,14-17H,1,3-4,6,9-10,13H2.